The summed E-state index contributed by atoms with van der Waals surface area (Å²) < 4.78 is 13.0. The fourth-order valence-electron chi connectivity index (χ4n) is 4.91. The molecule has 5 heteroatoms. The maximum atomic E-state index is 13.2. The number of methoxy groups -OCH3 is 2. The standard InChI is InChI=1S/C33H32N2O3/c1-37-27-16-12-25(13-17-27)22-35-23-31(29-10-6-7-11-32(29)35)30(26-14-18-28(38-2)19-15-26)20-33(36)34-21-24-8-4-3-5-9-24/h3-19,23,30H,20-22H2,1-2H3,(H,34,36)/t30-/m1/s1. The topological polar surface area (TPSA) is 52.5 Å². The second-order valence-corrected chi connectivity index (χ2v) is 9.37. The predicted molar refractivity (Wildman–Crippen MR) is 152 cm³/mol. The second-order valence-electron chi connectivity index (χ2n) is 9.37. The van der Waals surface area contributed by atoms with Crippen molar-refractivity contribution in [2.75, 3.05) is 14.2 Å². The molecule has 5 aromatic rings. The summed E-state index contributed by atoms with van der Waals surface area (Å²) in [5, 5.41) is 4.27. The summed E-state index contributed by atoms with van der Waals surface area (Å²) in [7, 11) is 3.34. The Bertz CT molecular complexity index is 1490. The molecule has 1 heterocycles. The van der Waals surface area contributed by atoms with Crippen molar-refractivity contribution < 1.29 is 14.3 Å². The fraction of sp³-hybridized carbons (Fsp3) is 0.182. The molecule has 0 aliphatic carbocycles. The van der Waals surface area contributed by atoms with Crippen LogP contribution >= 0.6 is 0 Å². The Kier molecular flexibility index (Phi) is 7.74. The quantitative estimate of drug-likeness (QED) is 0.235. The lowest BCUT2D eigenvalue weighted by atomic mass is 9.88. The molecule has 0 spiro atoms. The van der Waals surface area contributed by atoms with E-state index in [1.807, 2.05) is 54.6 Å². The molecular formula is C33H32N2O3. The third-order valence-electron chi connectivity index (χ3n) is 6.95. The summed E-state index contributed by atoms with van der Waals surface area (Å²) in [6.45, 7) is 1.23. The first-order chi connectivity index (χ1) is 18.6. The van der Waals surface area contributed by atoms with Crippen LogP contribution in [0.2, 0.25) is 0 Å². The number of fused-ring (bicyclic) bond motifs is 1. The van der Waals surface area contributed by atoms with Gasteiger partial charge in [0.2, 0.25) is 5.91 Å². The Hall–Kier alpha value is -4.51. The average Bonchev–Trinajstić information content (AvgIpc) is 3.34. The number of benzene rings is 4. The van der Waals surface area contributed by atoms with Crippen LogP contribution in [0.25, 0.3) is 10.9 Å². The zero-order valence-electron chi connectivity index (χ0n) is 21.8. The third-order valence-corrected chi connectivity index (χ3v) is 6.95. The lowest BCUT2D eigenvalue weighted by molar-refractivity contribution is -0.121. The van der Waals surface area contributed by atoms with E-state index in [0.717, 1.165) is 45.6 Å². The molecule has 5 nitrogen and oxygen atoms in total. The van der Waals surface area contributed by atoms with Gasteiger partial charge in [-0.3, -0.25) is 4.79 Å². The van der Waals surface area contributed by atoms with Crippen molar-refractivity contribution in [1.82, 2.24) is 9.88 Å². The van der Waals surface area contributed by atoms with E-state index in [2.05, 4.69) is 64.6 Å². The summed E-state index contributed by atoms with van der Waals surface area (Å²) in [4.78, 5) is 13.2. The molecule has 1 aromatic heterocycles. The molecule has 5 rings (SSSR count). The number of amides is 1. The van der Waals surface area contributed by atoms with Gasteiger partial charge in [-0.05, 0) is 52.6 Å². The molecular weight excluding hydrogens is 472 g/mol. The van der Waals surface area contributed by atoms with Gasteiger partial charge in [0, 0.05) is 42.5 Å². The van der Waals surface area contributed by atoms with Crippen LogP contribution in [-0.2, 0) is 17.9 Å². The van der Waals surface area contributed by atoms with E-state index < -0.39 is 0 Å². The van der Waals surface area contributed by atoms with Gasteiger partial charge in [-0.1, -0.05) is 72.8 Å². The van der Waals surface area contributed by atoms with Crippen molar-refractivity contribution in [3.8, 4) is 11.5 Å². The number of para-hydroxylation sites is 1. The largest absolute Gasteiger partial charge is 0.497 e. The van der Waals surface area contributed by atoms with Crippen LogP contribution in [0, 0.1) is 0 Å². The first-order valence-corrected chi connectivity index (χ1v) is 12.8. The average molecular weight is 505 g/mol. The van der Waals surface area contributed by atoms with Crippen LogP contribution in [0.1, 0.15) is 34.6 Å². The number of nitrogens with zero attached hydrogens (tertiary/aromatic N) is 1. The van der Waals surface area contributed by atoms with Crippen molar-refractivity contribution in [3.05, 3.63) is 132 Å². The van der Waals surface area contributed by atoms with Gasteiger partial charge >= 0.3 is 0 Å². The molecule has 0 saturated carbocycles. The number of rotatable bonds is 10. The summed E-state index contributed by atoms with van der Waals surface area (Å²) in [5.41, 5.74) is 5.61. The SMILES string of the molecule is COc1ccc(Cn2cc([C@H](CC(=O)NCc3ccccc3)c3ccc(OC)cc3)c3ccccc32)cc1. The van der Waals surface area contributed by atoms with Crippen LogP contribution in [0.3, 0.4) is 0 Å². The minimum Gasteiger partial charge on any atom is -0.497 e. The Morgan fingerprint density at radius 2 is 1.39 bits per heavy atom. The minimum atomic E-state index is -0.112. The van der Waals surface area contributed by atoms with E-state index in [0.29, 0.717) is 13.0 Å². The van der Waals surface area contributed by atoms with Gasteiger partial charge in [-0.15, -0.1) is 0 Å². The highest BCUT2D eigenvalue weighted by molar-refractivity contribution is 5.87. The Balaban J connectivity index is 1.48. The van der Waals surface area contributed by atoms with E-state index in [9.17, 15) is 4.79 Å². The first kappa shape index (κ1) is 25.2. The van der Waals surface area contributed by atoms with Crippen LogP contribution in [0.4, 0.5) is 0 Å². The second kappa shape index (κ2) is 11.7. The molecule has 0 bridgehead atoms. The van der Waals surface area contributed by atoms with E-state index in [1.54, 1.807) is 14.2 Å². The third kappa shape index (κ3) is 5.73. The highest BCUT2D eigenvalue weighted by atomic mass is 16.5. The lowest BCUT2D eigenvalue weighted by Crippen LogP contribution is -2.25. The summed E-state index contributed by atoms with van der Waals surface area (Å²) in [5.74, 6) is 1.54. The van der Waals surface area contributed by atoms with Crippen LogP contribution in [-0.4, -0.2) is 24.7 Å². The highest BCUT2D eigenvalue weighted by Crippen LogP contribution is 2.36. The van der Waals surface area contributed by atoms with Crippen molar-refractivity contribution >= 4 is 16.8 Å². The Labute approximate surface area is 223 Å². The molecule has 0 saturated heterocycles. The van der Waals surface area contributed by atoms with Gasteiger partial charge in [-0.2, -0.15) is 0 Å². The maximum absolute atomic E-state index is 13.2. The molecule has 0 fully saturated rings. The normalized spacial score (nSPS) is 11.7. The summed E-state index contributed by atoms with van der Waals surface area (Å²) >= 11 is 0. The van der Waals surface area contributed by atoms with Crippen molar-refractivity contribution in [2.45, 2.75) is 25.4 Å². The zero-order chi connectivity index (χ0) is 26.3. The Morgan fingerprint density at radius 3 is 2.08 bits per heavy atom. The zero-order valence-corrected chi connectivity index (χ0v) is 21.8. The molecule has 0 aliphatic heterocycles. The van der Waals surface area contributed by atoms with Gasteiger partial charge < -0.3 is 19.4 Å². The smallest absolute Gasteiger partial charge is 0.221 e. The molecule has 0 radical (unpaired) electrons. The summed E-state index contributed by atoms with van der Waals surface area (Å²) in [6, 6.07) is 34.6. The predicted octanol–water partition coefficient (Wildman–Crippen LogP) is 6.55. The van der Waals surface area contributed by atoms with Crippen LogP contribution in [0.15, 0.2) is 109 Å². The minimum absolute atomic E-state index is 0.0154. The molecule has 1 atom stereocenters. The number of carbonyl (C=O) groups is 1. The van der Waals surface area contributed by atoms with Crippen LogP contribution in [0.5, 0.6) is 11.5 Å². The molecule has 38 heavy (non-hydrogen) atoms. The molecule has 192 valence electrons. The molecule has 4 aromatic carbocycles. The first-order valence-electron chi connectivity index (χ1n) is 12.8. The Morgan fingerprint density at radius 1 is 0.763 bits per heavy atom. The van der Waals surface area contributed by atoms with Gasteiger partial charge in [0.1, 0.15) is 11.5 Å². The van der Waals surface area contributed by atoms with Crippen molar-refractivity contribution in [3.63, 3.8) is 0 Å². The highest BCUT2D eigenvalue weighted by Gasteiger charge is 2.23. The van der Waals surface area contributed by atoms with Gasteiger partial charge in [0.25, 0.3) is 0 Å². The number of ether oxygens (including phenoxy) is 2. The van der Waals surface area contributed by atoms with Crippen molar-refractivity contribution in [2.24, 2.45) is 0 Å². The molecule has 0 aliphatic rings. The molecule has 1 amide bonds. The number of aromatic nitrogens is 1. The van der Waals surface area contributed by atoms with Crippen LogP contribution < -0.4 is 14.8 Å². The number of nitrogens with one attached hydrogen (secondary N) is 1. The number of hydrogen-bond donors (Lipinski definition) is 1. The fourth-order valence-corrected chi connectivity index (χ4v) is 4.91. The number of hydrogen-bond acceptors (Lipinski definition) is 3. The summed E-state index contributed by atoms with van der Waals surface area (Å²) in [6.07, 6.45) is 2.55. The number of carbonyl (C=O) groups excluding carboxylic acids is 1. The van der Waals surface area contributed by atoms with Crippen molar-refractivity contribution in [1.29, 1.82) is 0 Å². The monoisotopic (exact) mass is 504 g/mol. The van der Waals surface area contributed by atoms with Gasteiger partial charge in [0.05, 0.1) is 14.2 Å². The molecule has 0 unspecified atom stereocenters. The van der Waals surface area contributed by atoms with E-state index in [4.69, 9.17) is 9.47 Å². The maximum Gasteiger partial charge on any atom is 0.221 e. The van der Waals surface area contributed by atoms with Gasteiger partial charge in [0.15, 0.2) is 0 Å². The van der Waals surface area contributed by atoms with E-state index in [1.165, 1.54) is 5.56 Å². The van der Waals surface area contributed by atoms with E-state index >= 15 is 0 Å². The van der Waals surface area contributed by atoms with Gasteiger partial charge in [-0.25, -0.2) is 0 Å². The lowest BCUT2D eigenvalue weighted by Gasteiger charge is -2.18. The van der Waals surface area contributed by atoms with E-state index in [-0.39, 0.29) is 11.8 Å². The molecule has 1 N–H and O–H groups in total.